The van der Waals surface area contributed by atoms with Crippen molar-refractivity contribution in [3.63, 3.8) is 0 Å². The summed E-state index contributed by atoms with van der Waals surface area (Å²) in [4.78, 5) is 22.0. The van der Waals surface area contributed by atoms with Gasteiger partial charge in [-0.05, 0) is 5.92 Å². The van der Waals surface area contributed by atoms with Crippen LogP contribution < -0.4 is 5.32 Å². The van der Waals surface area contributed by atoms with Crippen LogP contribution in [0.15, 0.2) is 0 Å². The SMILES string of the molecule is CC(C)[C@H](NC(=O)CCS(C)(=O)=O)C(=O)O. The maximum Gasteiger partial charge on any atom is 0.326 e. The molecule has 2 N–H and O–H groups in total. The molecule has 1 amide bonds. The number of hydrogen-bond donors (Lipinski definition) is 2. The lowest BCUT2D eigenvalue weighted by molar-refractivity contribution is -0.143. The van der Waals surface area contributed by atoms with Crippen LogP contribution in [0.4, 0.5) is 0 Å². The first kappa shape index (κ1) is 14.9. The number of nitrogens with one attached hydrogen (secondary N) is 1. The maximum atomic E-state index is 11.3. The van der Waals surface area contributed by atoms with Crippen molar-refractivity contribution in [2.45, 2.75) is 26.3 Å². The predicted molar refractivity (Wildman–Crippen MR) is 58.7 cm³/mol. The van der Waals surface area contributed by atoms with Crippen LogP contribution in [0.5, 0.6) is 0 Å². The van der Waals surface area contributed by atoms with Gasteiger partial charge in [0.25, 0.3) is 0 Å². The summed E-state index contributed by atoms with van der Waals surface area (Å²) in [5, 5.41) is 11.1. The molecule has 0 heterocycles. The van der Waals surface area contributed by atoms with E-state index in [-0.39, 0.29) is 18.1 Å². The van der Waals surface area contributed by atoms with Crippen molar-refractivity contribution in [1.29, 1.82) is 0 Å². The first-order valence-electron chi connectivity index (χ1n) is 4.83. The van der Waals surface area contributed by atoms with Crippen LogP contribution in [0.3, 0.4) is 0 Å². The average Bonchev–Trinajstić information content (AvgIpc) is 2.08. The number of carboxylic acid groups (broad SMARTS) is 1. The molecule has 0 aromatic carbocycles. The molecule has 7 heteroatoms. The van der Waals surface area contributed by atoms with Crippen molar-refractivity contribution in [3.05, 3.63) is 0 Å². The van der Waals surface area contributed by atoms with Gasteiger partial charge in [-0.25, -0.2) is 13.2 Å². The summed E-state index contributed by atoms with van der Waals surface area (Å²) < 4.78 is 21.6. The molecule has 0 unspecified atom stereocenters. The first-order chi connectivity index (χ1) is 7.13. The van der Waals surface area contributed by atoms with Crippen LogP contribution in [0.1, 0.15) is 20.3 Å². The van der Waals surface area contributed by atoms with E-state index in [1.165, 1.54) is 0 Å². The Morgan fingerprint density at radius 3 is 2.12 bits per heavy atom. The minimum atomic E-state index is -3.20. The predicted octanol–water partition coefficient (Wildman–Crippen LogP) is -0.353. The van der Waals surface area contributed by atoms with E-state index < -0.39 is 27.8 Å². The second kappa shape index (κ2) is 5.83. The molecule has 0 aromatic rings. The molecule has 0 radical (unpaired) electrons. The number of aliphatic carboxylic acids is 1. The van der Waals surface area contributed by atoms with E-state index in [4.69, 9.17) is 5.11 Å². The van der Waals surface area contributed by atoms with Crippen molar-refractivity contribution in [2.75, 3.05) is 12.0 Å². The van der Waals surface area contributed by atoms with Gasteiger partial charge >= 0.3 is 5.97 Å². The number of carbonyl (C=O) groups excluding carboxylic acids is 1. The van der Waals surface area contributed by atoms with Crippen LogP contribution in [0.2, 0.25) is 0 Å². The van der Waals surface area contributed by atoms with Crippen LogP contribution in [0, 0.1) is 5.92 Å². The summed E-state index contributed by atoms with van der Waals surface area (Å²) in [5.41, 5.74) is 0. The van der Waals surface area contributed by atoms with Gasteiger partial charge in [0.1, 0.15) is 15.9 Å². The molecule has 0 saturated heterocycles. The number of carbonyl (C=O) groups is 2. The molecule has 0 spiro atoms. The topological polar surface area (TPSA) is 101 Å². The zero-order valence-corrected chi connectivity index (χ0v) is 10.4. The molecule has 0 aliphatic heterocycles. The highest BCUT2D eigenvalue weighted by Crippen LogP contribution is 2.02. The minimum absolute atomic E-state index is 0.213. The number of carboxylic acids is 1. The summed E-state index contributed by atoms with van der Waals surface area (Å²) in [6.45, 7) is 3.32. The van der Waals surface area contributed by atoms with Gasteiger partial charge in [0, 0.05) is 12.7 Å². The van der Waals surface area contributed by atoms with Crippen molar-refractivity contribution in [1.82, 2.24) is 5.32 Å². The largest absolute Gasteiger partial charge is 0.480 e. The highest BCUT2D eigenvalue weighted by atomic mass is 32.2. The smallest absolute Gasteiger partial charge is 0.326 e. The van der Waals surface area contributed by atoms with Crippen molar-refractivity contribution < 1.29 is 23.1 Å². The van der Waals surface area contributed by atoms with E-state index in [2.05, 4.69) is 5.32 Å². The molecule has 0 aromatic heterocycles. The minimum Gasteiger partial charge on any atom is -0.480 e. The molecular weight excluding hydrogens is 234 g/mol. The molecule has 0 saturated carbocycles. The molecule has 16 heavy (non-hydrogen) atoms. The molecule has 0 aliphatic carbocycles. The Morgan fingerprint density at radius 2 is 1.81 bits per heavy atom. The number of rotatable bonds is 6. The van der Waals surface area contributed by atoms with E-state index in [0.717, 1.165) is 6.26 Å². The van der Waals surface area contributed by atoms with Crippen LogP contribution in [-0.4, -0.2) is 43.5 Å². The third kappa shape index (κ3) is 6.39. The van der Waals surface area contributed by atoms with Gasteiger partial charge in [-0.2, -0.15) is 0 Å². The lowest BCUT2D eigenvalue weighted by Gasteiger charge is -2.17. The lowest BCUT2D eigenvalue weighted by atomic mass is 10.0. The monoisotopic (exact) mass is 251 g/mol. The second-order valence-electron chi connectivity index (χ2n) is 4.01. The molecule has 0 aliphatic rings. The number of hydrogen-bond acceptors (Lipinski definition) is 4. The van der Waals surface area contributed by atoms with Gasteiger partial charge in [0.05, 0.1) is 5.75 Å². The van der Waals surface area contributed by atoms with E-state index >= 15 is 0 Å². The molecule has 0 bridgehead atoms. The third-order valence-electron chi connectivity index (χ3n) is 1.95. The lowest BCUT2D eigenvalue weighted by Crippen LogP contribution is -2.44. The highest BCUT2D eigenvalue weighted by molar-refractivity contribution is 7.90. The third-order valence-corrected chi connectivity index (χ3v) is 2.89. The van der Waals surface area contributed by atoms with Gasteiger partial charge in [-0.1, -0.05) is 13.8 Å². The molecule has 94 valence electrons. The van der Waals surface area contributed by atoms with E-state index in [0.29, 0.717) is 0 Å². The van der Waals surface area contributed by atoms with Gasteiger partial charge in [0.15, 0.2) is 0 Å². The van der Waals surface area contributed by atoms with Crippen molar-refractivity contribution in [2.24, 2.45) is 5.92 Å². The second-order valence-corrected chi connectivity index (χ2v) is 6.27. The zero-order valence-electron chi connectivity index (χ0n) is 9.56. The molecule has 0 rings (SSSR count). The van der Waals surface area contributed by atoms with Crippen molar-refractivity contribution >= 4 is 21.7 Å². The fraction of sp³-hybridized carbons (Fsp3) is 0.778. The Morgan fingerprint density at radius 1 is 1.31 bits per heavy atom. The molecule has 0 fully saturated rings. The van der Waals surface area contributed by atoms with Crippen molar-refractivity contribution in [3.8, 4) is 0 Å². The quantitative estimate of drug-likeness (QED) is 0.671. The Balaban J connectivity index is 4.27. The number of sulfone groups is 1. The fourth-order valence-electron chi connectivity index (χ4n) is 1.04. The Hall–Kier alpha value is -1.11. The molecule has 1 atom stereocenters. The maximum absolute atomic E-state index is 11.3. The fourth-order valence-corrected chi connectivity index (χ4v) is 1.59. The average molecular weight is 251 g/mol. The van der Waals surface area contributed by atoms with Gasteiger partial charge in [-0.3, -0.25) is 4.79 Å². The summed E-state index contributed by atoms with van der Waals surface area (Å²) in [6.07, 6.45) is 0.812. The van der Waals surface area contributed by atoms with Crippen LogP contribution in [0.25, 0.3) is 0 Å². The molecule has 6 nitrogen and oxygen atoms in total. The van der Waals surface area contributed by atoms with Crippen LogP contribution >= 0.6 is 0 Å². The summed E-state index contributed by atoms with van der Waals surface area (Å²) in [5.74, 6) is -2.21. The Kier molecular flexibility index (Phi) is 5.43. The van der Waals surface area contributed by atoms with E-state index in [1.54, 1.807) is 13.8 Å². The van der Waals surface area contributed by atoms with Gasteiger partial charge < -0.3 is 10.4 Å². The Bertz CT molecular complexity index is 360. The zero-order chi connectivity index (χ0) is 12.9. The Labute approximate surface area is 95.0 Å². The normalized spacial score (nSPS) is 13.5. The number of amides is 1. The summed E-state index contributed by atoms with van der Waals surface area (Å²) in [7, 11) is -3.20. The van der Waals surface area contributed by atoms with E-state index in [1.807, 2.05) is 0 Å². The summed E-state index contributed by atoms with van der Waals surface area (Å²) >= 11 is 0. The highest BCUT2D eigenvalue weighted by Gasteiger charge is 2.23. The summed E-state index contributed by atoms with van der Waals surface area (Å²) in [6, 6.07) is -0.980. The molecular formula is C9H17NO5S. The van der Waals surface area contributed by atoms with Gasteiger partial charge in [-0.15, -0.1) is 0 Å². The first-order valence-corrected chi connectivity index (χ1v) is 6.89. The standard InChI is InChI=1S/C9H17NO5S/c1-6(2)8(9(12)13)10-7(11)4-5-16(3,14)15/h6,8H,4-5H2,1-3H3,(H,10,11)(H,12,13)/t8-/m0/s1. The van der Waals surface area contributed by atoms with Gasteiger partial charge in [0.2, 0.25) is 5.91 Å². The van der Waals surface area contributed by atoms with E-state index in [9.17, 15) is 18.0 Å². The van der Waals surface area contributed by atoms with Crippen LogP contribution in [-0.2, 0) is 19.4 Å².